The summed E-state index contributed by atoms with van der Waals surface area (Å²) in [5.74, 6) is 0.827. The average Bonchev–Trinajstić information content (AvgIpc) is 3.01. The fraction of sp³-hybridized carbons (Fsp3) is 1.00. The first-order chi connectivity index (χ1) is 7.12. The smallest absolute Gasteiger partial charge is 0.214 e. The minimum Gasteiger partial charge on any atom is -0.316 e. The van der Waals surface area contributed by atoms with Crippen LogP contribution < -0.4 is 5.32 Å². The molecule has 1 saturated carbocycles. The normalized spacial score (nSPS) is 29.3. The topological polar surface area (TPSA) is 49.4 Å². The zero-order valence-corrected chi connectivity index (χ0v) is 10.1. The fourth-order valence-corrected chi connectivity index (χ4v) is 4.07. The van der Waals surface area contributed by atoms with Crippen molar-refractivity contribution in [1.29, 1.82) is 0 Å². The predicted octanol–water partition coefficient (Wildman–Crippen LogP) is 0.410. The Morgan fingerprint density at radius 2 is 2.07 bits per heavy atom. The zero-order valence-electron chi connectivity index (χ0n) is 9.28. The number of piperidine rings is 1. The van der Waals surface area contributed by atoms with Gasteiger partial charge in [0.25, 0.3) is 0 Å². The number of hydrogen-bond donors (Lipinski definition) is 1. The third-order valence-corrected chi connectivity index (χ3v) is 5.34. The Labute approximate surface area is 92.1 Å². The Kier molecular flexibility index (Phi) is 3.33. The van der Waals surface area contributed by atoms with Gasteiger partial charge in [0, 0.05) is 19.1 Å². The molecule has 5 heteroatoms. The van der Waals surface area contributed by atoms with Crippen molar-refractivity contribution in [2.45, 2.75) is 31.7 Å². The molecule has 0 aromatic heterocycles. The third-order valence-electron chi connectivity index (χ3n) is 3.33. The van der Waals surface area contributed by atoms with E-state index in [1.54, 1.807) is 4.31 Å². The standard InChI is InChI=1S/C10H20N2O2S/c1-11-10-3-2-6-12(7-10)15(13,14)8-9-4-5-9/h9-11H,2-8H2,1H3. The molecule has 0 aromatic rings. The van der Waals surface area contributed by atoms with Crippen LogP contribution in [0.1, 0.15) is 25.7 Å². The van der Waals surface area contributed by atoms with E-state index in [9.17, 15) is 8.42 Å². The lowest BCUT2D eigenvalue weighted by Gasteiger charge is -2.31. The van der Waals surface area contributed by atoms with Gasteiger partial charge >= 0.3 is 0 Å². The molecule has 4 nitrogen and oxygen atoms in total. The van der Waals surface area contributed by atoms with Crippen LogP contribution in [0.5, 0.6) is 0 Å². The summed E-state index contributed by atoms with van der Waals surface area (Å²) in [5, 5.41) is 3.17. The number of rotatable bonds is 4. The second kappa shape index (κ2) is 4.39. The lowest BCUT2D eigenvalue weighted by Crippen LogP contribution is -2.47. The van der Waals surface area contributed by atoms with Gasteiger partial charge in [-0.05, 0) is 38.6 Å². The van der Waals surface area contributed by atoms with Gasteiger partial charge in [-0.2, -0.15) is 0 Å². The van der Waals surface area contributed by atoms with E-state index in [0.717, 1.165) is 25.7 Å². The van der Waals surface area contributed by atoms with E-state index in [2.05, 4.69) is 5.32 Å². The van der Waals surface area contributed by atoms with Crippen molar-refractivity contribution in [3.05, 3.63) is 0 Å². The highest BCUT2D eigenvalue weighted by molar-refractivity contribution is 7.89. The van der Waals surface area contributed by atoms with Crippen LogP contribution in [0.15, 0.2) is 0 Å². The molecule has 88 valence electrons. The van der Waals surface area contributed by atoms with E-state index in [4.69, 9.17) is 0 Å². The van der Waals surface area contributed by atoms with Gasteiger partial charge in [-0.1, -0.05) is 0 Å². The molecule has 0 spiro atoms. The zero-order chi connectivity index (χ0) is 10.9. The van der Waals surface area contributed by atoms with Gasteiger partial charge in [-0.25, -0.2) is 12.7 Å². The number of hydrogen-bond acceptors (Lipinski definition) is 3. The lowest BCUT2D eigenvalue weighted by molar-refractivity contribution is 0.292. The molecule has 1 heterocycles. The number of likely N-dealkylation sites (N-methyl/N-ethyl adjacent to an activating group) is 1. The highest BCUT2D eigenvalue weighted by Crippen LogP contribution is 2.31. The maximum absolute atomic E-state index is 12.0. The van der Waals surface area contributed by atoms with Crippen LogP contribution in [-0.4, -0.2) is 44.7 Å². The van der Waals surface area contributed by atoms with Gasteiger partial charge in [0.2, 0.25) is 10.0 Å². The molecule has 2 fully saturated rings. The SMILES string of the molecule is CNC1CCCN(S(=O)(=O)CC2CC2)C1. The number of nitrogens with one attached hydrogen (secondary N) is 1. The quantitative estimate of drug-likeness (QED) is 0.764. The highest BCUT2D eigenvalue weighted by atomic mass is 32.2. The average molecular weight is 232 g/mol. The first-order valence-electron chi connectivity index (χ1n) is 5.77. The second-order valence-electron chi connectivity index (χ2n) is 4.71. The molecule has 1 saturated heterocycles. The van der Waals surface area contributed by atoms with Crippen molar-refractivity contribution in [2.24, 2.45) is 5.92 Å². The Hall–Kier alpha value is -0.130. The van der Waals surface area contributed by atoms with Gasteiger partial charge in [0.1, 0.15) is 0 Å². The molecule has 15 heavy (non-hydrogen) atoms. The fourth-order valence-electron chi connectivity index (χ4n) is 2.12. The van der Waals surface area contributed by atoms with Crippen molar-refractivity contribution in [3.8, 4) is 0 Å². The Balaban J connectivity index is 1.95. The van der Waals surface area contributed by atoms with E-state index in [0.29, 0.717) is 30.8 Å². The van der Waals surface area contributed by atoms with Gasteiger partial charge in [0.15, 0.2) is 0 Å². The molecule has 1 atom stereocenters. The highest BCUT2D eigenvalue weighted by Gasteiger charge is 2.34. The van der Waals surface area contributed by atoms with Crippen LogP contribution in [0.2, 0.25) is 0 Å². The number of nitrogens with zero attached hydrogens (tertiary/aromatic N) is 1. The van der Waals surface area contributed by atoms with Gasteiger partial charge in [-0.15, -0.1) is 0 Å². The largest absolute Gasteiger partial charge is 0.316 e. The molecule has 0 amide bonds. The summed E-state index contributed by atoms with van der Waals surface area (Å²) in [6, 6.07) is 0.340. The summed E-state index contributed by atoms with van der Waals surface area (Å²) >= 11 is 0. The molecule has 0 bridgehead atoms. The van der Waals surface area contributed by atoms with E-state index < -0.39 is 10.0 Å². The van der Waals surface area contributed by atoms with Crippen molar-refractivity contribution in [2.75, 3.05) is 25.9 Å². The summed E-state index contributed by atoms with van der Waals surface area (Å²) in [7, 11) is -1.07. The van der Waals surface area contributed by atoms with Crippen molar-refractivity contribution in [3.63, 3.8) is 0 Å². The van der Waals surface area contributed by atoms with Crippen LogP contribution in [0, 0.1) is 5.92 Å². The van der Waals surface area contributed by atoms with Crippen molar-refractivity contribution >= 4 is 10.0 Å². The Morgan fingerprint density at radius 1 is 1.33 bits per heavy atom. The Morgan fingerprint density at radius 3 is 2.67 bits per heavy atom. The van der Waals surface area contributed by atoms with Gasteiger partial charge in [-0.3, -0.25) is 0 Å². The van der Waals surface area contributed by atoms with Crippen molar-refractivity contribution in [1.82, 2.24) is 9.62 Å². The molecule has 1 aliphatic carbocycles. The molecule has 2 aliphatic rings. The first-order valence-corrected chi connectivity index (χ1v) is 7.38. The van der Waals surface area contributed by atoms with Crippen LogP contribution in [0.4, 0.5) is 0 Å². The van der Waals surface area contributed by atoms with Crippen LogP contribution in [0.3, 0.4) is 0 Å². The molecule has 2 rings (SSSR count). The molecular weight excluding hydrogens is 212 g/mol. The summed E-state index contributed by atoms with van der Waals surface area (Å²) < 4.78 is 25.7. The van der Waals surface area contributed by atoms with Crippen molar-refractivity contribution < 1.29 is 8.42 Å². The minimum absolute atomic E-state index is 0.340. The Bertz CT molecular complexity index is 311. The molecule has 0 aromatic carbocycles. The van der Waals surface area contributed by atoms with E-state index in [1.165, 1.54) is 0 Å². The second-order valence-corrected chi connectivity index (χ2v) is 6.72. The van der Waals surface area contributed by atoms with E-state index in [1.807, 2.05) is 7.05 Å². The minimum atomic E-state index is -2.97. The molecular formula is C10H20N2O2S. The maximum atomic E-state index is 12.0. The lowest BCUT2D eigenvalue weighted by atomic mass is 10.1. The van der Waals surface area contributed by atoms with Crippen LogP contribution in [-0.2, 0) is 10.0 Å². The summed E-state index contributed by atoms with van der Waals surface area (Å²) in [4.78, 5) is 0. The summed E-state index contributed by atoms with van der Waals surface area (Å²) in [5.41, 5.74) is 0. The first kappa shape index (κ1) is 11.4. The molecule has 0 radical (unpaired) electrons. The monoisotopic (exact) mass is 232 g/mol. The molecule has 1 N–H and O–H groups in total. The van der Waals surface area contributed by atoms with E-state index >= 15 is 0 Å². The van der Waals surface area contributed by atoms with Crippen LogP contribution in [0.25, 0.3) is 0 Å². The number of sulfonamides is 1. The van der Waals surface area contributed by atoms with E-state index in [-0.39, 0.29) is 0 Å². The summed E-state index contributed by atoms with van der Waals surface area (Å²) in [6.07, 6.45) is 4.27. The molecule has 1 aliphatic heterocycles. The summed E-state index contributed by atoms with van der Waals surface area (Å²) in [6.45, 7) is 1.37. The maximum Gasteiger partial charge on any atom is 0.214 e. The molecule has 1 unspecified atom stereocenters. The third kappa shape index (κ3) is 2.92. The van der Waals surface area contributed by atoms with Crippen LogP contribution >= 0.6 is 0 Å². The van der Waals surface area contributed by atoms with Gasteiger partial charge in [0.05, 0.1) is 5.75 Å². The van der Waals surface area contributed by atoms with Gasteiger partial charge < -0.3 is 5.32 Å². The predicted molar refractivity (Wildman–Crippen MR) is 60.2 cm³/mol.